The molecule has 1 atom stereocenters. The minimum atomic E-state index is -4.43. The molecule has 0 aliphatic carbocycles. The molecule has 0 aliphatic rings. The molecule has 0 spiro atoms. The number of aromatic nitrogens is 3. The Balaban J connectivity index is 1.75. The van der Waals surface area contributed by atoms with Crippen molar-refractivity contribution in [1.82, 2.24) is 20.1 Å². The molecule has 1 aromatic carbocycles. The molecular weight excluding hydrogens is 381 g/mol. The lowest BCUT2D eigenvalue weighted by atomic mass is 10.1. The van der Waals surface area contributed by atoms with E-state index in [1.807, 2.05) is 6.07 Å². The van der Waals surface area contributed by atoms with Crippen molar-refractivity contribution in [2.24, 2.45) is 0 Å². The molecule has 1 amide bonds. The van der Waals surface area contributed by atoms with Crippen molar-refractivity contribution in [3.05, 3.63) is 83.4 Å². The maximum Gasteiger partial charge on any atom is 0.416 e. The van der Waals surface area contributed by atoms with E-state index in [-0.39, 0.29) is 11.9 Å². The molecule has 0 fully saturated rings. The highest BCUT2D eigenvalue weighted by atomic mass is 19.4. The van der Waals surface area contributed by atoms with Crippen LogP contribution in [0.3, 0.4) is 0 Å². The van der Waals surface area contributed by atoms with Crippen LogP contribution in [0.1, 0.15) is 35.3 Å². The number of nitrogens with zero attached hydrogens (tertiary/aromatic N) is 3. The molecule has 3 rings (SSSR count). The first kappa shape index (κ1) is 20.3. The molecule has 8 heteroatoms. The monoisotopic (exact) mass is 400 g/mol. The Hall–Kier alpha value is -3.42. The van der Waals surface area contributed by atoms with Gasteiger partial charge < -0.3 is 5.32 Å². The third-order valence-corrected chi connectivity index (χ3v) is 4.40. The summed E-state index contributed by atoms with van der Waals surface area (Å²) in [5.41, 5.74) is 1.72. The highest BCUT2D eigenvalue weighted by Gasteiger charge is 2.30. The number of rotatable bonds is 5. The van der Waals surface area contributed by atoms with Crippen LogP contribution in [0.4, 0.5) is 13.2 Å². The van der Waals surface area contributed by atoms with Gasteiger partial charge in [0, 0.05) is 29.7 Å². The average molecular weight is 400 g/mol. The van der Waals surface area contributed by atoms with Crippen molar-refractivity contribution in [1.29, 1.82) is 0 Å². The summed E-state index contributed by atoms with van der Waals surface area (Å²) in [6, 6.07) is 8.17. The molecule has 0 radical (unpaired) electrons. The Morgan fingerprint density at radius 2 is 2.00 bits per heavy atom. The fraction of sp³-hybridized carbons (Fsp3) is 0.190. The number of halogens is 3. The van der Waals surface area contributed by atoms with Crippen molar-refractivity contribution in [3.8, 4) is 5.69 Å². The van der Waals surface area contributed by atoms with Crippen molar-refractivity contribution >= 4 is 12.0 Å². The Morgan fingerprint density at radius 3 is 2.69 bits per heavy atom. The number of nitrogens with one attached hydrogen (secondary N) is 1. The molecular formula is C21H19F3N4O. The van der Waals surface area contributed by atoms with Crippen molar-refractivity contribution < 1.29 is 18.0 Å². The van der Waals surface area contributed by atoms with Crippen LogP contribution in [0, 0.1) is 6.92 Å². The van der Waals surface area contributed by atoms with Gasteiger partial charge in [-0.1, -0.05) is 12.1 Å². The van der Waals surface area contributed by atoms with Crippen molar-refractivity contribution in [2.45, 2.75) is 26.1 Å². The van der Waals surface area contributed by atoms with Gasteiger partial charge in [0.05, 0.1) is 23.5 Å². The Bertz CT molecular complexity index is 1030. The first-order valence-corrected chi connectivity index (χ1v) is 8.86. The van der Waals surface area contributed by atoms with E-state index in [1.54, 1.807) is 50.6 Å². The first-order valence-electron chi connectivity index (χ1n) is 8.86. The standard InChI is InChI=1S/C21H19F3N4O/c1-14(27-20(29)9-8-16-5-4-10-25-12-16)19-13-26-28(15(19)2)18-7-3-6-17(11-18)21(22,23)24/h3-14H,1-2H3,(H,27,29)/b9-8+. The van der Waals surface area contributed by atoms with Crippen LogP contribution in [0.25, 0.3) is 11.8 Å². The lowest BCUT2D eigenvalue weighted by Gasteiger charge is -2.13. The van der Waals surface area contributed by atoms with Gasteiger partial charge in [-0.15, -0.1) is 0 Å². The predicted octanol–water partition coefficient (Wildman–Crippen LogP) is 4.49. The number of carbonyl (C=O) groups is 1. The molecule has 5 nitrogen and oxygen atoms in total. The lowest BCUT2D eigenvalue weighted by molar-refractivity contribution is -0.137. The van der Waals surface area contributed by atoms with E-state index in [0.717, 1.165) is 17.7 Å². The highest BCUT2D eigenvalue weighted by molar-refractivity contribution is 5.91. The molecule has 2 aromatic heterocycles. The molecule has 0 saturated carbocycles. The van der Waals surface area contributed by atoms with E-state index >= 15 is 0 Å². The summed E-state index contributed by atoms with van der Waals surface area (Å²) < 4.78 is 40.3. The maximum absolute atomic E-state index is 13.0. The van der Waals surface area contributed by atoms with Crippen LogP contribution in [-0.2, 0) is 11.0 Å². The summed E-state index contributed by atoms with van der Waals surface area (Å²) in [4.78, 5) is 16.1. The van der Waals surface area contributed by atoms with Crippen LogP contribution in [0.15, 0.2) is 61.1 Å². The van der Waals surface area contributed by atoms with E-state index < -0.39 is 11.7 Å². The lowest BCUT2D eigenvalue weighted by Crippen LogP contribution is -2.25. The third-order valence-electron chi connectivity index (χ3n) is 4.40. The molecule has 1 N–H and O–H groups in total. The van der Waals surface area contributed by atoms with Gasteiger partial charge >= 0.3 is 6.18 Å². The molecule has 1 unspecified atom stereocenters. The summed E-state index contributed by atoms with van der Waals surface area (Å²) in [6.45, 7) is 3.53. The summed E-state index contributed by atoms with van der Waals surface area (Å²) in [6.07, 6.45) is 3.45. The van der Waals surface area contributed by atoms with E-state index in [4.69, 9.17) is 0 Å². The number of hydrogen-bond donors (Lipinski definition) is 1. The van der Waals surface area contributed by atoms with Crippen LogP contribution in [-0.4, -0.2) is 20.7 Å². The third kappa shape index (κ3) is 4.90. The van der Waals surface area contributed by atoms with Crippen LogP contribution < -0.4 is 5.32 Å². The molecule has 0 aliphatic heterocycles. The molecule has 0 saturated heterocycles. The zero-order chi connectivity index (χ0) is 21.0. The normalized spacial score (nSPS) is 12.9. The van der Waals surface area contributed by atoms with E-state index in [9.17, 15) is 18.0 Å². The Labute approximate surface area is 165 Å². The van der Waals surface area contributed by atoms with Crippen LogP contribution in [0.5, 0.6) is 0 Å². The second-order valence-corrected chi connectivity index (χ2v) is 6.50. The zero-order valence-corrected chi connectivity index (χ0v) is 15.8. The zero-order valence-electron chi connectivity index (χ0n) is 15.8. The van der Waals surface area contributed by atoms with Crippen LogP contribution in [0.2, 0.25) is 0 Å². The SMILES string of the molecule is Cc1c(C(C)NC(=O)/C=C/c2cccnc2)cnn1-c1cccc(C(F)(F)F)c1. The molecule has 29 heavy (non-hydrogen) atoms. The number of amides is 1. The first-order chi connectivity index (χ1) is 13.8. The maximum atomic E-state index is 13.0. The van der Waals surface area contributed by atoms with E-state index in [0.29, 0.717) is 16.9 Å². The molecule has 3 aromatic rings. The largest absolute Gasteiger partial charge is 0.416 e. The number of pyridine rings is 1. The van der Waals surface area contributed by atoms with Gasteiger partial charge in [-0.3, -0.25) is 9.78 Å². The van der Waals surface area contributed by atoms with Gasteiger partial charge in [0.2, 0.25) is 5.91 Å². The van der Waals surface area contributed by atoms with E-state index in [2.05, 4.69) is 15.4 Å². The smallest absolute Gasteiger partial charge is 0.346 e. The van der Waals surface area contributed by atoms with Gasteiger partial charge in [-0.05, 0) is 49.8 Å². The topological polar surface area (TPSA) is 59.8 Å². The molecule has 2 heterocycles. The van der Waals surface area contributed by atoms with E-state index in [1.165, 1.54) is 16.8 Å². The highest BCUT2D eigenvalue weighted by Crippen LogP contribution is 2.31. The second kappa shape index (κ2) is 8.30. The Kier molecular flexibility index (Phi) is 5.81. The van der Waals surface area contributed by atoms with Gasteiger partial charge in [0.15, 0.2) is 0 Å². The second-order valence-electron chi connectivity index (χ2n) is 6.50. The minimum Gasteiger partial charge on any atom is -0.346 e. The van der Waals surface area contributed by atoms with Crippen LogP contribution >= 0.6 is 0 Å². The number of alkyl halides is 3. The Morgan fingerprint density at radius 1 is 1.21 bits per heavy atom. The average Bonchev–Trinajstić information content (AvgIpc) is 3.08. The predicted molar refractivity (Wildman–Crippen MR) is 103 cm³/mol. The minimum absolute atomic E-state index is 0.299. The fourth-order valence-electron chi connectivity index (χ4n) is 2.91. The number of benzene rings is 1. The molecule has 0 bridgehead atoms. The molecule has 150 valence electrons. The van der Waals surface area contributed by atoms with Crippen molar-refractivity contribution in [3.63, 3.8) is 0 Å². The van der Waals surface area contributed by atoms with Gasteiger partial charge in [-0.25, -0.2) is 4.68 Å². The van der Waals surface area contributed by atoms with Gasteiger partial charge in [-0.2, -0.15) is 18.3 Å². The quantitative estimate of drug-likeness (QED) is 0.642. The summed E-state index contributed by atoms with van der Waals surface area (Å²) >= 11 is 0. The summed E-state index contributed by atoms with van der Waals surface area (Å²) in [5.74, 6) is -0.299. The van der Waals surface area contributed by atoms with Gasteiger partial charge in [0.1, 0.15) is 0 Å². The van der Waals surface area contributed by atoms with Gasteiger partial charge in [0.25, 0.3) is 0 Å². The van der Waals surface area contributed by atoms with Crippen molar-refractivity contribution in [2.75, 3.05) is 0 Å². The fourth-order valence-corrected chi connectivity index (χ4v) is 2.91. The number of carbonyl (C=O) groups excluding carboxylic acids is 1. The number of hydrogen-bond acceptors (Lipinski definition) is 3. The summed E-state index contributed by atoms with van der Waals surface area (Å²) in [5, 5.41) is 7.03. The summed E-state index contributed by atoms with van der Waals surface area (Å²) in [7, 11) is 0.